The van der Waals surface area contributed by atoms with Crippen LogP contribution in [0.3, 0.4) is 0 Å². The Morgan fingerprint density at radius 1 is 0.875 bits per heavy atom. The number of Topliss-reactive ketones (excluding diaryl/α,β-unsaturated/α-hetero) is 3. The number of benzene rings is 2. The molecular weight excluding hydrogens is 792 g/mol. The van der Waals surface area contributed by atoms with Gasteiger partial charge in [-0.25, -0.2) is 0 Å². The van der Waals surface area contributed by atoms with Crippen LogP contribution in [0.4, 0.5) is 0 Å². The van der Waals surface area contributed by atoms with Gasteiger partial charge < -0.3 is 18.3 Å². The average molecular weight is 848 g/mol. The Balaban J connectivity index is 1.56. The van der Waals surface area contributed by atoms with Crippen molar-refractivity contribution in [2.24, 2.45) is 28.6 Å². The number of hydrogen-bond donors (Lipinski definition) is 0. The normalized spacial score (nSPS) is 29.8. The zero-order valence-electron chi connectivity index (χ0n) is 33.8. The summed E-state index contributed by atoms with van der Waals surface area (Å²) in [6.07, 6.45) is 3.94. The van der Waals surface area contributed by atoms with E-state index in [2.05, 4.69) is 61.0 Å². The van der Waals surface area contributed by atoms with E-state index in [0.29, 0.717) is 12.8 Å². The largest absolute Gasteiger partial charge is 0.472 e. The molecule has 3 saturated carbocycles. The van der Waals surface area contributed by atoms with Gasteiger partial charge in [0.05, 0.1) is 30.6 Å². The van der Waals surface area contributed by atoms with Crippen LogP contribution >= 0.6 is 15.9 Å². The first kappa shape index (κ1) is 41.9. The highest BCUT2D eigenvalue weighted by Gasteiger charge is 2.72. The number of esters is 2. The van der Waals surface area contributed by atoms with E-state index in [9.17, 15) is 24.0 Å². The molecule has 0 amide bonds. The molecule has 11 heteroatoms. The van der Waals surface area contributed by atoms with Crippen LogP contribution in [0, 0.1) is 28.6 Å². The van der Waals surface area contributed by atoms with Gasteiger partial charge in [-0.3, -0.25) is 24.0 Å². The quantitative estimate of drug-likeness (QED) is 0.0882. The summed E-state index contributed by atoms with van der Waals surface area (Å²) in [4.78, 5) is 72.0. The molecule has 0 saturated heterocycles. The monoisotopic (exact) mass is 846 g/mol. The number of furan rings is 1. The van der Waals surface area contributed by atoms with Crippen molar-refractivity contribution < 1.29 is 42.3 Å². The molecule has 3 aromatic rings. The molecule has 0 N–H and O–H groups in total. The summed E-state index contributed by atoms with van der Waals surface area (Å²) < 4.78 is 24.7. The van der Waals surface area contributed by atoms with E-state index < -0.39 is 82.0 Å². The molecule has 8 atom stereocenters. The molecule has 56 heavy (non-hydrogen) atoms. The van der Waals surface area contributed by atoms with E-state index in [0.717, 1.165) is 15.9 Å². The Morgan fingerprint density at radius 3 is 1.98 bits per heavy atom. The molecule has 3 aliphatic rings. The number of ether oxygens (including phenoxy) is 2. The third kappa shape index (κ3) is 6.99. The predicted octanol–water partition coefficient (Wildman–Crippen LogP) is 7.52. The zero-order chi connectivity index (χ0) is 40.8. The van der Waals surface area contributed by atoms with E-state index in [1.165, 1.54) is 7.11 Å². The minimum absolute atomic E-state index is 0.0340. The molecular formula is C45H55BrO9Si. The minimum Gasteiger partial charge on any atom is -0.472 e. The molecule has 1 heterocycles. The van der Waals surface area contributed by atoms with Crippen LogP contribution in [0.15, 0.2) is 83.7 Å². The summed E-state index contributed by atoms with van der Waals surface area (Å²) in [6.45, 7) is 13.5. The summed E-state index contributed by atoms with van der Waals surface area (Å²) in [5.41, 5.74) is -2.89. The molecule has 0 aliphatic heterocycles. The van der Waals surface area contributed by atoms with Gasteiger partial charge in [-0.1, -0.05) is 104 Å². The van der Waals surface area contributed by atoms with Gasteiger partial charge in [0.25, 0.3) is 8.32 Å². The van der Waals surface area contributed by atoms with Gasteiger partial charge in [-0.2, -0.15) is 0 Å². The number of hydrogen-bond acceptors (Lipinski definition) is 9. The number of fused-ring (bicyclic) bond motifs is 1. The Kier molecular flexibility index (Phi) is 11.7. The molecule has 3 aliphatic carbocycles. The number of alkyl halides is 1. The van der Waals surface area contributed by atoms with Crippen LogP contribution < -0.4 is 10.4 Å². The second-order valence-electron chi connectivity index (χ2n) is 18.1. The number of ketones is 3. The minimum atomic E-state index is -3.38. The molecule has 1 aromatic heterocycles. The SMILES string of the molecule is COC(=O)[C@]12C(=O)CC[C@H](O[Si](c3ccccc3)(c3ccccc3)C(C)(C)C)[C@H]1C(C(=O)OC(C)(C)C)C(=O)C(Br)[C@@H]2CC[C@@]1(C)C(=O)CC[C@@H]1c1ccoc1. The van der Waals surface area contributed by atoms with E-state index in [-0.39, 0.29) is 37.4 Å². The summed E-state index contributed by atoms with van der Waals surface area (Å²) in [5, 5.41) is 1.45. The van der Waals surface area contributed by atoms with Gasteiger partial charge in [0, 0.05) is 30.1 Å². The first-order valence-electron chi connectivity index (χ1n) is 19.7. The van der Waals surface area contributed by atoms with Crippen LogP contribution in [0.5, 0.6) is 0 Å². The number of carbonyl (C=O) groups excluding carboxylic acids is 5. The zero-order valence-corrected chi connectivity index (χ0v) is 36.4. The van der Waals surface area contributed by atoms with Crippen molar-refractivity contribution >= 4 is 63.9 Å². The van der Waals surface area contributed by atoms with Crippen molar-refractivity contribution in [3.63, 3.8) is 0 Å². The van der Waals surface area contributed by atoms with Gasteiger partial charge in [-0.05, 0) is 79.4 Å². The standard InChI is InChI=1S/C45H55BrO9Si/c1-42(2,3)54-40(50)36-37-33(55-56(43(4,5)6,29-15-11-9-12-16-29)30-17-13-10-14-18-30)20-22-35(48)45(37,41(51)52-8)32(38(46)39(36)49)23-25-44(7)31(19-21-34(44)47)28-24-26-53-27-28/h9-18,24,26-27,31-33,36-38H,19-23,25H2,1-8H3/t31-,32+,33+,36?,37+,38?,44-,45-/m1/s1. The maximum absolute atomic E-state index is 15.0. The number of methoxy groups -OCH3 is 1. The Morgan fingerprint density at radius 2 is 1.46 bits per heavy atom. The van der Waals surface area contributed by atoms with E-state index >= 15 is 0 Å². The highest BCUT2D eigenvalue weighted by atomic mass is 79.9. The first-order valence-corrected chi connectivity index (χ1v) is 22.5. The first-order chi connectivity index (χ1) is 26.3. The van der Waals surface area contributed by atoms with Crippen LogP contribution in [-0.4, -0.2) is 61.2 Å². The lowest BCUT2D eigenvalue weighted by Gasteiger charge is -2.57. The molecule has 3 fully saturated rings. The number of rotatable bonds is 10. The van der Waals surface area contributed by atoms with Crippen LogP contribution in [0.1, 0.15) is 98.5 Å². The molecule has 2 aromatic carbocycles. The van der Waals surface area contributed by atoms with Crippen LogP contribution in [-0.2, 0) is 37.9 Å². The summed E-state index contributed by atoms with van der Waals surface area (Å²) >= 11 is 3.66. The third-order valence-electron chi connectivity index (χ3n) is 12.8. The lowest BCUT2D eigenvalue weighted by molar-refractivity contribution is -0.193. The van der Waals surface area contributed by atoms with Crippen molar-refractivity contribution in [2.45, 2.75) is 114 Å². The smallest absolute Gasteiger partial charge is 0.320 e. The van der Waals surface area contributed by atoms with Crippen LogP contribution in [0.2, 0.25) is 5.04 Å². The van der Waals surface area contributed by atoms with Crippen molar-refractivity contribution in [1.29, 1.82) is 0 Å². The maximum atomic E-state index is 15.0. The predicted molar refractivity (Wildman–Crippen MR) is 218 cm³/mol. The molecule has 9 nitrogen and oxygen atoms in total. The fourth-order valence-corrected chi connectivity index (χ4v) is 16.0. The van der Waals surface area contributed by atoms with E-state index in [4.69, 9.17) is 18.3 Å². The Labute approximate surface area is 339 Å². The molecule has 0 radical (unpaired) electrons. The van der Waals surface area contributed by atoms with Gasteiger partial charge >= 0.3 is 11.9 Å². The van der Waals surface area contributed by atoms with Crippen molar-refractivity contribution in [3.05, 3.63) is 84.8 Å². The Bertz CT molecular complexity index is 1880. The number of carbonyl (C=O) groups is 5. The highest BCUT2D eigenvalue weighted by molar-refractivity contribution is 9.10. The fraction of sp³-hybridized carbons (Fsp3) is 0.533. The third-order valence-corrected chi connectivity index (χ3v) is 19.0. The summed E-state index contributed by atoms with van der Waals surface area (Å²) in [5.74, 6) is -6.31. The number of halogens is 1. The lowest BCUT2D eigenvalue weighted by atomic mass is 9.48. The van der Waals surface area contributed by atoms with Gasteiger partial charge in [-0.15, -0.1) is 0 Å². The molecule has 0 bridgehead atoms. The second kappa shape index (κ2) is 15.6. The lowest BCUT2D eigenvalue weighted by Crippen LogP contribution is -2.73. The van der Waals surface area contributed by atoms with Crippen molar-refractivity contribution in [1.82, 2.24) is 0 Å². The van der Waals surface area contributed by atoms with Gasteiger partial charge in [0.2, 0.25) is 0 Å². The topological polar surface area (TPSA) is 126 Å². The van der Waals surface area contributed by atoms with Crippen LogP contribution in [0.25, 0.3) is 0 Å². The van der Waals surface area contributed by atoms with Crippen molar-refractivity contribution in [2.75, 3.05) is 7.11 Å². The summed E-state index contributed by atoms with van der Waals surface area (Å²) in [7, 11) is -2.14. The highest BCUT2D eigenvalue weighted by Crippen LogP contribution is 2.60. The molecule has 2 unspecified atom stereocenters. The maximum Gasteiger partial charge on any atom is 0.320 e. The second-order valence-corrected chi connectivity index (χ2v) is 23.4. The molecule has 6 rings (SSSR count). The summed E-state index contributed by atoms with van der Waals surface area (Å²) in [6, 6.07) is 21.9. The fourth-order valence-electron chi connectivity index (χ4n) is 10.3. The van der Waals surface area contributed by atoms with Gasteiger partial charge in [0.15, 0.2) is 11.6 Å². The van der Waals surface area contributed by atoms with Crippen molar-refractivity contribution in [3.8, 4) is 0 Å². The Hall–Kier alpha value is -3.67. The van der Waals surface area contributed by atoms with E-state index in [1.807, 2.05) is 49.4 Å². The van der Waals surface area contributed by atoms with Gasteiger partial charge in [0.1, 0.15) is 22.7 Å². The molecule has 300 valence electrons. The molecule has 0 spiro atoms. The average Bonchev–Trinajstić information content (AvgIpc) is 3.78. The van der Waals surface area contributed by atoms with E-state index in [1.54, 1.807) is 33.3 Å².